The lowest BCUT2D eigenvalue weighted by Gasteiger charge is -2.26. The largest absolute Gasteiger partial charge is 0.348 e. The smallest absolute Gasteiger partial charge is 0.161 e. The molecule has 18 heavy (non-hydrogen) atoms. The van der Waals surface area contributed by atoms with Crippen LogP contribution in [-0.4, -0.2) is 31.8 Å². The van der Waals surface area contributed by atoms with Gasteiger partial charge in [-0.25, -0.2) is 18.0 Å². The third kappa shape index (κ3) is 1.89. The topological polar surface area (TPSA) is 80.3 Å². The minimum Gasteiger partial charge on any atom is -0.348 e. The van der Waals surface area contributed by atoms with E-state index in [0.717, 1.165) is 6.26 Å². The fourth-order valence-corrected chi connectivity index (χ4v) is 3.08. The van der Waals surface area contributed by atoms with E-state index in [9.17, 15) is 18.0 Å². The highest BCUT2D eigenvalue weighted by atomic mass is 32.2. The van der Waals surface area contributed by atoms with Crippen LogP contribution in [0.2, 0.25) is 0 Å². The number of fused-ring (bicyclic) bond motifs is 1. The highest BCUT2D eigenvalue weighted by molar-refractivity contribution is 7.92. The summed E-state index contributed by atoms with van der Waals surface area (Å²) in [6.07, 6.45) is 0.960. The maximum atomic E-state index is 11.7. The summed E-state index contributed by atoms with van der Waals surface area (Å²) in [5.74, 6) is 3.17. The Morgan fingerprint density at radius 1 is 1.17 bits per heavy atom. The standard InChI is InChI=1S/C12H9NO4S/c1-18(16,17)12-9(6-14)8-4-2-3-5-10(8)13-11(12)7-15/h2-5,12-13H,1H3. The molecule has 1 heterocycles. The molecule has 0 saturated heterocycles. The van der Waals surface area contributed by atoms with Gasteiger partial charge in [0, 0.05) is 17.5 Å². The Morgan fingerprint density at radius 3 is 2.39 bits per heavy atom. The number of rotatable bonds is 1. The molecular formula is C12H9NO4S. The lowest BCUT2D eigenvalue weighted by atomic mass is 9.96. The molecule has 0 aliphatic carbocycles. The molecule has 0 radical (unpaired) electrons. The minimum absolute atomic E-state index is 0.0646. The summed E-state index contributed by atoms with van der Waals surface area (Å²) in [6.45, 7) is 0. The summed E-state index contributed by atoms with van der Waals surface area (Å²) in [4.78, 5) is 21.9. The fourth-order valence-electron chi connectivity index (χ4n) is 1.94. The van der Waals surface area contributed by atoms with Crippen LogP contribution in [0, 0.1) is 0 Å². The summed E-state index contributed by atoms with van der Waals surface area (Å²) in [7, 11) is -3.65. The van der Waals surface area contributed by atoms with Gasteiger partial charge in [-0.15, -0.1) is 0 Å². The van der Waals surface area contributed by atoms with E-state index in [1.807, 2.05) is 0 Å². The summed E-state index contributed by atoms with van der Waals surface area (Å²) in [6, 6.07) is 6.62. The van der Waals surface area contributed by atoms with Crippen LogP contribution in [-0.2, 0) is 19.4 Å². The van der Waals surface area contributed by atoms with Crippen molar-refractivity contribution in [2.24, 2.45) is 0 Å². The van der Waals surface area contributed by atoms with Gasteiger partial charge in [0.25, 0.3) is 0 Å². The number of hydrogen-bond donors (Lipinski definition) is 1. The molecule has 0 fully saturated rings. The van der Waals surface area contributed by atoms with Crippen LogP contribution in [0.1, 0.15) is 5.56 Å². The van der Waals surface area contributed by atoms with Crippen LogP contribution < -0.4 is 5.32 Å². The van der Waals surface area contributed by atoms with Crippen molar-refractivity contribution in [1.82, 2.24) is 0 Å². The minimum atomic E-state index is -3.65. The first-order valence-corrected chi connectivity index (χ1v) is 6.99. The van der Waals surface area contributed by atoms with Crippen molar-refractivity contribution in [3.05, 3.63) is 35.5 Å². The number of benzene rings is 1. The molecule has 1 aliphatic heterocycles. The number of para-hydroxylation sites is 1. The molecule has 1 N–H and O–H groups in total. The summed E-state index contributed by atoms with van der Waals surface area (Å²) >= 11 is 0. The van der Waals surface area contributed by atoms with E-state index in [4.69, 9.17) is 0 Å². The fraction of sp³-hybridized carbons (Fsp3) is 0.167. The van der Waals surface area contributed by atoms with Gasteiger partial charge in [-0.05, 0) is 6.07 Å². The second-order valence-corrected chi connectivity index (χ2v) is 6.04. The molecule has 1 unspecified atom stereocenters. The first-order valence-electron chi connectivity index (χ1n) is 5.04. The Kier molecular flexibility index (Phi) is 2.93. The molecule has 1 aliphatic rings. The number of carbonyl (C=O) groups excluding carboxylic acids is 2. The van der Waals surface area contributed by atoms with Gasteiger partial charge in [-0.2, -0.15) is 0 Å². The molecule has 1 aromatic carbocycles. The predicted molar refractivity (Wildman–Crippen MR) is 67.0 cm³/mol. The van der Waals surface area contributed by atoms with E-state index in [1.165, 1.54) is 0 Å². The van der Waals surface area contributed by atoms with Gasteiger partial charge in [0.2, 0.25) is 0 Å². The average Bonchev–Trinajstić information content (AvgIpc) is 2.35. The summed E-state index contributed by atoms with van der Waals surface area (Å²) in [5.41, 5.74) is 0.677. The van der Waals surface area contributed by atoms with Crippen molar-refractivity contribution in [2.75, 3.05) is 11.6 Å². The Balaban J connectivity index is 2.78. The van der Waals surface area contributed by atoms with Gasteiger partial charge in [-0.3, -0.25) is 0 Å². The summed E-state index contributed by atoms with van der Waals surface area (Å²) < 4.78 is 23.4. The quantitative estimate of drug-likeness (QED) is 0.744. The molecule has 0 saturated carbocycles. The molecule has 2 rings (SSSR count). The number of nitrogens with one attached hydrogen (secondary N) is 1. The maximum Gasteiger partial charge on any atom is 0.161 e. The van der Waals surface area contributed by atoms with Crippen molar-refractivity contribution >= 4 is 33.0 Å². The molecule has 1 aromatic rings. The first-order chi connectivity index (χ1) is 8.49. The molecule has 92 valence electrons. The molecular weight excluding hydrogens is 254 g/mol. The van der Waals surface area contributed by atoms with Crippen LogP contribution in [0.25, 0.3) is 5.57 Å². The van der Waals surface area contributed by atoms with Crippen molar-refractivity contribution in [3.63, 3.8) is 0 Å². The van der Waals surface area contributed by atoms with E-state index >= 15 is 0 Å². The Hall–Kier alpha value is -2.13. The van der Waals surface area contributed by atoms with Gasteiger partial charge in [0.15, 0.2) is 9.84 Å². The highest BCUT2D eigenvalue weighted by Gasteiger charge is 2.37. The zero-order chi connectivity index (χ0) is 13.3. The number of anilines is 1. The van der Waals surface area contributed by atoms with E-state index in [0.29, 0.717) is 11.3 Å². The van der Waals surface area contributed by atoms with Crippen LogP contribution in [0.3, 0.4) is 0 Å². The van der Waals surface area contributed by atoms with Crippen LogP contribution >= 0.6 is 0 Å². The van der Waals surface area contributed by atoms with Crippen LogP contribution in [0.15, 0.2) is 30.0 Å². The zero-order valence-electron chi connectivity index (χ0n) is 9.43. The maximum absolute atomic E-state index is 11.7. The third-order valence-electron chi connectivity index (χ3n) is 2.66. The van der Waals surface area contributed by atoms with E-state index in [-0.39, 0.29) is 11.3 Å². The van der Waals surface area contributed by atoms with Crippen LogP contribution in [0.5, 0.6) is 0 Å². The average molecular weight is 263 g/mol. The van der Waals surface area contributed by atoms with E-state index in [1.54, 1.807) is 36.1 Å². The molecule has 0 amide bonds. The second-order valence-electron chi connectivity index (χ2n) is 3.91. The number of sulfone groups is 1. The monoisotopic (exact) mass is 263 g/mol. The lowest BCUT2D eigenvalue weighted by Crippen LogP contribution is -2.32. The zero-order valence-corrected chi connectivity index (χ0v) is 10.2. The van der Waals surface area contributed by atoms with Gasteiger partial charge < -0.3 is 5.32 Å². The summed E-state index contributed by atoms with van der Waals surface area (Å²) in [5, 5.41) is 1.35. The molecule has 1 atom stereocenters. The third-order valence-corrected chi connectivity index (χ3v) is 3.99. The highest BCUT2D eigenvalue weighted by Crippen LogP contribution is 2.36. The Morgan fingerprint density at radius 2 is 1.83 bits per heavy atom. The van der Waals surface area contributed by atoms with Crippen molar-refractivity contribution < 1.29 is 18.0 Å². The molecule has 6 heteroatoms. The van der Waals surface area contributed by atoms with Gasteiger partial charge in [0.1, 0.15) is 22.8 Å². The second kappa shape index (κ2) is 4.27. The molecule has 0 aromatic heterocycles. The van der Waals surface area contributed by atoms with Gasteiger partial charge in [-0.1, -0.05) is 18.2 Å². The first kappa shape index (κ1) is 12.3. The molecule has 0 spiro atoms. The van der Waals surface area contributed by atoms with Crippen molar-refractivity contribution in [1.29, 1.82) is 0 Å². The van der Waals surface area contributed by atoms with Crippen molar-refractivity contribution in [3.8, 4) is 0 Å². The molecule has 5 nitrogen and oxygen atoms in total. The van der Waals surface area contributed by atoms with Gasteiger partial charge in [0.05, 0.1) is 5.57 Å². The Labute approximate surface area is 104 Å². The SMILES string of the molecule is CS(=O)(=O)C1C(=C=O)Nc2ccccc2C1=C=O. The Bertz CT molecular complexity index is 707. The normalized spacial score (nSPS) is 18.4. The van der Waals surface area contributed by atoms with E-state index in [2.05, 4.69) is 5.32 Å². The predicted octanol–water partition coefficient (Wildman–Crippen LogP) is 0.456. The van der Waals surface area contributed by atoms with Crippen LogP contribution in [0.4, 0.5) is 5.69 Å². The molecule has 0 bridgehead atoms. The van der Waals surface area contributed by atoms with E-state index < -0.39 is 15.1 Å². The van der Waals surface area contributed by atoms with Gasteiger partial charge >= 0.3 is 0 Å². The number of hydrogen-bond acceptors (Lipinski definition) is 5. The van der Waals surface area contributed by atoms with Crippen molar-refractivity contribution in [2.45, 2.75) is 5.25 Å². The lowest BCUT2D eigenvalue weighted by molar-refractivity contribution is 0.564.